The maximum absolute atomic E-state index is 12.2. The summed E-state index contributed by atoms with van der Waals surface area (Å²) in [6.45, 7) is 16.3. The Hall–Kier alpha value is -1.44. The van der Waals surface area contributed by atoms with Gasteiger partial charge in [0.15, 0.2) is 0 Å². The topological polar surface area (TPSA) is 97.4 Å². The predicted molar refractivity (Wildman–Crippen MR) is 123 cm³/mol. The highest BCUT2D eigenvalue weighted by Crippen LogP contribution is 2.41. The monoisotopic (exact) mass is 453 g/mol. The SMILES string of the molecule is CC(=O)OC(C)(C)CNC(=O)/C=C(\C)C[C@@H]1OC[C@H](C[C@@H]2O[C@H]2[C@@H](C)C(C)C)[C@@H](C)[C@H]1O. The van der Waals surface area contributed by atoms with Crippen molar-refractivity contribution >= 4 is 11.9 Å². The van der Waals surface area contributed by atoms with Gasteiger partial charge in [-0.15, -0.1) is 0 Å². The maximum atomic E-state index is 12.2. The molecule has 7 atom stereocenters. The third-order valence-electron chi connectivity index (χ3n) is 6.92. The lowest BCUT2D eigenvalue weighted by Gasteiger charge is -2.39. The first-order chi connectivity index (χ1) is 14.8. The minimum absolute atomic E-state index is 0.110. The van der Waals surface area contributed by atoms with Crippen LogP contribution in [0.5, 0.6) is 0 Å². The van der Waals surface area contributed by atoms with Crippen molar-refractivity contribution in [3.8, 4) is 0 Å². The van der Waals surface area contributed by atoms with Crippen LogP contribution in [0.2, 0.25) is 0 Å². The zero-order valence-electron chi connectivity index (χ0n) is 21.0. The molecule has 184 valence electrons. The van der Waals surface area contributed by atoms with Crippen molar-refractivity contribution in [3.63, 3.8) is 0 Å². The Kier molecular flexibility index (Phi) is 9.32. The molecule has 0 bridgehead atoms. The van der Waals surface area contributed by atoms with Crippen LogP contribution in [-0.4, -0.2) is 60.2 Å². The number of carbonyl (C=O) groups is 2. The van der Waals surface area contributed by atoms with Gasteiger partial charge in [0, 0.05) is 13.0 Å². The first-order valence-electron chi connectivity index (χ1n) is 11.9. The van der Waals surface area contributed by atoms with Gasteiger partial charge in [0.25, 0.3) is 0 Å². The number of epoxide rings is 1. The minimum atomic E-state index is -0.770. The third-order valence-corrected chi connectivity index (χ3v) is 6.92. The molecule has 0 spiro atoms. The third kappa shape index (κ3) is 7.85. The number of ether oxygens (including phenoxy) is 3. The molecular formula is C25H43NO6. The van der Waals surface area contributed by atoms with E-state index in [4.69, 9.17) is 14.2 Å². The Labute approximate surface area is 193 Å². The number of aliphatic hydroxyl groups is 1. The van der Waals surface area contributed by atoms with Crippen LogP contribution in [0.3, 0.4) is 0 Å². The number of amides is 1. The molecule has 2 aliphatic rings. The predicted octanol–water partition coefficient (Wildman–Crippen LogP) is 3.24. The number of rotatable bonds is 10. The maximum Gasteiger partial charge on any atom is 0.303 e. The van der Waals surface area contributed by atoms with Crippen LogP contribution in [-0.2, 0) is 23.8 Å². The van der Waals surface area contributed by atoms with Crippen molar-refractivity contribution in [1.82, 2.24) is 5.32 Å². The van der Waals surface area contributed by atoms with Gasteiger partial charge in [0.2, 0.25) is 5.91 Å². The average molecular weight is 454 g/mol. The van der Waals surface area contributed by atoms with Gasteiger partial charge in [-0.25, -0.2) is 0 Å². The van der Waals surface area contributed by atoms with E-state index in [1.54, 1.807) is 13.8 Å². The second-order valence-corrected chi connectivity index (χ2v) is 10.7. The molecule has 2 N–H and O–H groups in total. The zero-order chi connectivity index (χ0) is 24.2. The molecule has 2 saturated heterocycles. The summed E-state index contributed by atoms with van der Waals surface area (Å²) in [7, 11) is 0. The largest absolute Gasteiger partial charge is 0.458 e. The summed E-state index contributed by atoms with van der Waals surface area (Å²) in [5, 5.41) is 13.6. The lowest BCUT2D eigenvalue weighted by molar-refractivity contribution is -0.153. The number of hydrogen-bond acceptors (Lipinski definition) is 6. The lowest BCUT2D eigenvalue weighted by Crippen LogP contribution is -2.45. The minimum Gasteiger partial charge on any atom is -0.458 e. The Morgan fingerprint density at radius 1 is 1.22 bits per heavy atom. The van der Waals surface area contributed by atoms with E-state index in [-0.39, 0.29) is 42.5 Å². The van der Waals surface area contributed by atoms with Crippen LogP contribution in [0.1, 0.15) is 68.2 Å². The van der Waals surface area contributed by atoms with Crippen molar-refractivity contribution in [2.45, 2.75) is 98.2 Å². The Morgan fingerprint density at radius 2 is 1.88 bits per heavy atom. The molecule has 0 aromatic heterocycles. The molecular weight excluding hydrogens is 410 g/mol. The fourth-order valence-corrected chi connectivity index (χ4v) is 4.44. The van der Waals surface area contributed by atoms with Crippen LogP contribution >= 0.6 is 0 Å². The molecule has 7 heteroatoms. The first kappa shape index (κ1) is 26.8. The number of esters is 1. The molecule has 32 heavy (non-hydrogen) atoms. The van der Waals surface area contributed by atoms with Gasteiger partial charge < -0.3 is 24.6 Å². The van der Waals surface area contributed by atoms with E-state index < -0.39 is 11.7 Å². The zero-order valence-corrected chi connectivity index (χ0v) is 21.0. The van der Waals surface area contributed by atoms with Crippen molar-refractivity contribution in [2.75, 3.05) is 13.2 Å². The first-order valence-corrected chi connectivity index (χ1v) is 11.9. The van der Waals surface area contributed by atoms with Crippen molar-refractivity contribution < 1.29 is 28.9 Å². The Balaban J connectivity index is 1.80. The van der Waals surface area contributed by atoms with Crippen LogP contribution in [0.15, 0.2) is 11.6 Å². The van der Waals surface area contributed by atoms with Crippen LogP contribution in [0, 0.1) is 23.7 Å². The van der Waals surface area contributed by atoms with Crippen LogP contribution in [0.4, 0.5) is 0 Å². The van der Waals surface area contributed by atoms with Gasteiger partial charge >= 0.3 is 5.97 Å². The molecule has 2 aliphatic heterocycles. The van der Waals surface area contributed by atoms with Gasteiger partial charge in [-0.2, -0.15) is 0 Å². The van der Waals surface area contributed by atoms with Gasteiger partial charge in [-0.05, 0) is 57.3 Å². The van der Waals surface area contributed by atoms with E-state index in [0.29, 0.717) is 31.0 Å². The molecule has 0 aromatic carbocycles. The summed E-state index contributed by atoms with van der Waals surface area (Å²) in [5.41, 5.74) is 0.0620. The molecule has 2 fully saturated rings. The fraction of sp³-hybridized carbons (Fsp3) is 0.840. The van der Waals surface area contributed by atoms with E-state index in [9.17, 15) is 14.7 Å². The molecule has 0 saturated carbocycles. The summed E-state index contributed by atoms with van der Waals surface area (Å²) >= 11 is 0. The van der Waals surface area contributed by atoms with Gasteiger partial charge in [-0.3, -0.25) is 9.59 Å². The standard InChI is InChI=1S/C25H43NO6/c1-14(2)16(4)24-21(31-24)11-19-12-30-20(23(29)17(19)5)9-15(3)10-22(28)26-13-25(7,8)32-18(6)27/h10,14,16-17,19-21,23-24,29H,9,11-13H2,1-8H3,(H,26,28)/b15-10+/t16-,17+,19-,20-,21-,23+,24-/m0/s1. The molecule has 2 heterocycles. The molecule has 0 aliphatic carbocycles. The molecule has 0 unspecified atom stereocenters. The average Bonchev–Trinajstić information content (AvgIpc) is 3.43. The Bertz CT molecular complexity index is 688. The molecule has 1 amide bonds. The van der Waals surface area contributed by atoms with E-state index in [0.717, 1.165) is 12.0 Å². The summed E-state index contributed by atoms with van der Waals surface area (Å²) in [6, 6.07) is 0. The fourth-order valence-electron chi connectivity index (χ4n) is 4.44. The van der Waals surface area contributed by atoms with E-state index in [2.05, 4.69) is 33.0 Å². The second-order valence-electron chi connectivity index (χ2n) is 10.7. The molecule has 2 rings (SSSR count). The summed E-state index contributed by atoms with van der Waals surface area (Å²) in [5.74, 6) is 0.877. The summed E-state index contributed by atoms with van der Waals surface area (Å²) < 4.78 is 17.1. The van der Waals surface area contributed by atoms with E-state index >= 15 is 0 Å². The number of hydrogen-bond donors (Lipinski definition) is 2. The summed E-state index contributed by atoms with van der Waals surface area (Å²) in [4.78, 5) is 23.4. The van der Waals surface area contributed by atoms with Crippen molar-refractivity contribution in [3.05, 3.63) is 11.6 Å². The van der Waals surface area contributed by atoms with Gasteiger partial charge in [0.1, 0.15) is 5.60 Å². The molecule has 0 aromatic rings. The Morgan fingerprint density at radius 3 is 2.47 bits per heavy atom. The van der Waals surface area contributed by atoms with Crippen molar-refractivity contribution in [2.24, 2.45) is 23.7 Å². The highest BCUT2D eigenvalue weighted by molar-refractivity contribution is 5.88. The van der Waals surface area contributed by atoms with E-state index in [1.165, 1.54) is 13.0 Å². The smallest absolute Gasteiger partial charge is 0.303 e. The van der Waals surface area contributed by atoms with Crippen molar-refractivity contribution in [1.29, 1.82) is 0 Å². The van der Waals surface area contributed by atoms with Crippen LogP contribution in [0.25, 0.3) is 0 Å². The number of carbonyl (C=O) groups excluding carboxylic acids is 2. The summed E-state index contributed by atoms with van der Waals surface area (Å²) in [6.07, 6.45) is 2.62. The normalized spacial score (nSPS) is 31.9. The van der Waals surface area contributed by atoms with E-state index in [1.807, 2.05) is 6.92 Å². The lowest BCUT2D eigenvalue weighted by atomic mass is 9.79. The number of nitrogens with one attached hydrogen (secondary N) is 1. The highest BCUT2D eigenvalue weighted by Gasteiger charge is 2.47. The highest BCUT2D eigenvalue weighted by atomic mass is 16.6. The van der Waals surface area contributed by atoms with Crippen LogP contribution < -0.4 is 5.32 Å². The quantitative estimate of drug-likeness (QED) is 0.299. The number of aliphatic hydroxyl groups excluding tert-OH is 1. The molecule has 7 nitrogen and oxygen atoms in total. The second kappa shape index (κ2) is 11.1. The van der Waals surface area contributed by atoms with Gasteiger partial charge in [-0.1, -0.05) is 33.3 Å². The molecule has 0 radical (unpaired) electrons. The van der Waals surface area contributed by atoms with Gasteiger partial charge in [0.05, 0.1) is 37.6 Å².